The molecule has 0 amide bonds. The maximum Gasteiger partial charge on any atom is 0.267 e. The van der Waals surface area contributed by atoms with Crippen molar-refractivity contribution in [1.29, 1.82) is 0 Å². The molecule has 1 aromatic rings. The van der Waals surface area contributed by atoms with Gasteiger partial charge in [-0.3, -0.25) is 0 Å². The summed E-state index contributed by atoms with van der Waals surface area (Å²) in [5.74, 6) is -0.138. The van der Waals surface area contributed by atoms with E-state index in [1.807, 2.05) is 0 Å². The first kappa shape index (κ1) is 9.85. The second kappa shape index (κ2) is 3.66. The summed E-state index contributed by atoms with van der Waals surface area (Å²) < 4.78 is 24.6. The predicted molar refractivity (Wildman–Crippen MR) is 46.2 cm³/mol. The van der Waals surface area contributed by atoms with Gasteiger partial charge in [-0.05, 0) is 18.6 Å². The molecule has 0 radical (unpaired) electrons. The number of rotatable bonds is 2. The second-order valence-corrected chi connectivity index (χ2v) is 2.73. The monoisotopic (exact) mass is 187 g/mol. The van der Waals surface area contributed by atoms with E-state index in [4.69, 9.17) is 11.5 Å². The molecule has 1 aromatic heterocycles. The van der Waals surface area contributed by atoms with Crippen LogP contribution in [0.25, 0.3) is 0 Å². The van der Waals surface area contributed by atoms with Gasteiger partial charge < -0.3 is 11.5 Å². The molecule has 5 heteroatoms. The van der Waals surface area contributed by atoms with Crippen LogP contribution in [0.3, 0.4) is 0 Å². The first-order chi connectivity index (χ1) is 6.06. The zero-order valence-corrected chi connectivity index (χ0v) is 7.22. The van der Waals surface area contributed by atoms with E-state index in [0.717, 1.165) is 0 Å². The number of anilines is 1. The Bertz CT molecular complexity index is 313. The van der Waals surface area contributed by atoms with Crippen molar-refractivity contribution in [2.45, 2.75) is 19.9 Å². The van der Waals surface area contributed by atoms with Crippen LogP contribution in [-0.4, -0.2) is 4.98 Å². The maximum atomic E-state index is 12.3. The van der Waals surface area contributed by atoms with E-state index in [2.05, 4.69) is 4.98 Å². The van der Waals surface area contributed by atoms with Crippen molar-refractivity contribution in [3.63, 3.8) is 0 Å². The Balaban J connectivity index is 3.20. The van der Waals surface area contributed by atoms with Crippen LogP contribution in [0, 0.1) is 6.92 Å². The molecule has 1 heterocycles. The third-order valence-corrected chi connectivity index (χ3v) is 1.81. The van der Waals surface area contributed by atoms with E-state index in [-0.39, 0.29) is 17.9 Å². The minimum atomic E-state index is -2.59. The molecule has 0 atom stereocenters. The van der Waals surface area contributed by atoms with E-state index in [0.29, 0.717) is 11.3 Å². The van der Waals surface area contributed by atoms with Crippen LogP contribution >= 0.6 is 0 Å². The minimum absolute atomic E-state index is 0.138. The van der Waals surface area contributed by atoms with Crippen molar-refractivity contribution in [2.24, 2.45) is 5.73 Å². The lowest BCUT2D eigenvalue weighted by Crippen LogP contribution is -2.07. The van der Waals surface area contributed by atoms with Gasteiger partial charge >= 0.3 is 0 Å². The number of nitrogens with two attached hydrogens (primary N) is 2. The SMILES string of the molecule is Cc1cc(C(F)F)c(N)nc1CN. The van der Waals surface area contributed by atoms with Crippen LogP contribution in [0.5, 0.6) is 0 Å². The van der Waals surface area contributed by atoms with Crippen LogP contribution in [0.15, 0.2) is 6.07 Å². The Kier molecular flexibility index (Phi) is 2.77. The number of nitrogen functional groups attached to an aromatic ring is 1. The average molecular weight is 187 g/mol. The van der Waals surface area contributed by atoms with Crippen molar-refractivity contribution in [1.82, 2.24) is 4.98 Å². The standard InChI is InChI=1S/C8H11F2N3/c1-4-2-5(7(9)10)8(12)13-6(4)3-11/h2,7H,3,11H2,1H3,(H2,12,13). The van der Waals surface area contributed by atoms with Crippen LogP contribution in [-0.2, 0) is 6.54 Å². The van der Waals surface area contributed by atoms with Gasteiger partial charge in [0.05, 0.1) is 11.3 Å². The van der Waals surface area contributed by atoms with Gasteiger partial charge in [0.15, 0.2) is 0 Å². The molecule has 13 heavy (non-hydrogen) atoms. The molecule has 0 fully saturated rings. The van der Waals surface area contributed by atoms with Crippen LogP contribution < -0.4 is 11.5 Å². The first-order valence-electron chi connectivity index (χ1n) is 3.80. The highest BCUT2D eigenvalue weighted by molar-refractivity contribution is 5.44. The summed E-state index contributed by atoms with van der Waals surface area (Å²) in [7, 11) is 0. The van der Waals surface area contributed by atoms with Crippen molar-refractivity contribution >= 4 is 5.82 Å². The van der Waals surface area contributed by atoms with Crippen molar-refractivity contribution < 1.29 is 8.78 Å². The second-order valence-electron chi connectivity index (χ2n) is 2.73. The van der Waals surface area contributed by atoms with E-state index in [9.17, 15) is 8.78 Å². The predicted octanol–water partition coefficient (Wildman–Crippen LogP) is 1.37. The summed E-state index contributed by atoms with van der Waals surface area (Å²) >= 11 is 0. The fourth-order valence-corrected chi connectivity index (χ4v) is 1.07. The quantitative estimate of drug-likeness (QED) is 0.734. The summed E-state index contributed by atoms with van der Waals surface area (Å²) in [4.78, 5) is 3.79. The third kappa shape index (κ3) is 1.92. The zero-order valence-electron chi connectivity index (χ0n) is 7.22. The maximum absolute atomic E-state index is 12.3. The van der Waals surface area contributed by atoms with Gasteiger partial charge in [0.25, 0.3) is 6.43 Å². The Hall–Kier alpha value is -1.23. The molecule has 4 N–H and O–H groups in total. The number of aryl methyl sites for hydroxylation is 1. The summed E-state index contributed by atoms with van der Waals surface area (Å²) in [5.41, 5.74) is 11.6. The molecule has 0 aromatic carbocycles. The molecule has 3 nitrogen and oxygen atoms in total. The van der Waals surface area contributed by atoms with Gasteiger partial charge in [0, 0.05) is 6.54 Å². The Morgan fingerprint density at radius 1 is 1.54 bits per heavy atom. The van der Waals surface area contributed by atoms with Gasteiger partial charge in [-0.2, -0.15) is 0 Å². The molecular weight excluding hydrogens is 176 g/mol. The fourth-order valence-electron chi connectivity index (χ4n) is 1.07. The number of halogens is 2. The Morgan fingerprint density at radius 3 is 2.62 bits per heavy atom. The summed E-state index contributed by atoms with van der Waals surface area (Å²) in [6, 6.07) is 1.33. The van der Waals surface area contributed by atoms with Crippen LogP contribution in [0.1, 0.15) is 23.2 Å². The van der Waals surface area contributed by atoms with Crippen LogP contribution in [0.2, 0.25) is 0 Å². The number of hydrogen-bond acceptors (Lipinski definition) is 3. The Labute approximate surface area is 74.8 Å². The highest BCUT2D eigenvalue weighted by Gasteiger charge is 2.14. The van der Waals surface area contributed by atoms with Gasteiger partial charge in [-0.15, -0.1) is 0 Å². The zero-order chi connectivity index (χ0) is 10.0. The highest BCUT2D eigenvalue weighted by Crippen LogP contribution is 2.25. The number of pyridine rings is 1. The molecule has 0 spiro atoms. The highest BCUT2D eigenvalue weighted by atomic mass is 19.3. The number of alkyl halides is 2. The molecule has 0 unspecified atom stereocenters. The average Bonchev–Trinajstić information content (AvgIpc) is 2.07. The molecule has 0 bridgehead atoms. The van der Waals surface area contributed by atoms with E-state index >= 15 is 0 Å². The van der Waals surface area contributed by atoms with Gasteiger partial charge in [0.1, 0.15) is 5.82 Å². The molecule has 0 saturated heterocycles. The van der Waals surface area contributed by atoms with Crippen molar-refractivity contribution in [3.8, 4) is 0 Å². The van der Waals surface area contributed by atoms with E-state index < -0.39 is 6.43 Å². The van der Waals surface area contributed by atoms with Gasteiger partial charge in [-0.1, -0.05) is 0 Å². The van der Waals surface area contributed by atoms with Crippen LogP contribution in [0.4, 0.5) is 14.6 Å². The van der Waals surface area contributed by atoms with E-state index in [1.54, 1.807) is 6.92 Å². The Morgan fingerprint density at radius 2 is 2.15 bits per heavy atom. The molecule has 0 aliphatic carbocycles. The lowest BCUT2D eigenvalue weighted by Gasteiger charge is -2.08. The van der Waals surface area contributed by atoms with E-state index in [1.165, 1.54) is 6.07 Å². The lowest BCUT2D eigenvalue weighted by atomic mass is 10.1. The van der Waals surface area contributed by atoms with Gasteiger partial charge in [-0.25, -0.2) is 13.8 Å². The molecule has 1 rings (SSSR count). The molecule has 72 valence electrons. The number of aromatic nitrogens is 1. The summed E-state index contributed by atoms with van der Waals surface area (Å²) in [6.45, 7) is 1.89. The summed E-state index contributed by atoms with van der Waals surface area (Å²) in [5, 5.41) is 0. The summed E-state index contributed by atoms with van der Waals surface area (Å²) in [6.07, 6.45) is -2.59. The molecule has 0 aliphatic rings. The first-order valence-corrected chi connectivity index (χ1v) is 3.80. The molecule has 0 saturated carbocycles. The fraction of sp³-hybridized carbons (Fsp3) is 0.375. The van der Waals surface area contributed by atoms with Gasteiger partial charge in [0.2, 0.25) is 0 Å². The third-order valence-electron chi connectivity index (χ3n) is 1.81. The minimum Gasteiger partial charge on any atom is -0.383 e. The van der Waals surface area contributed by atoms with Crippen molar-refractivity contribution in [3.05, 3.63) is 22.9 Å². The lowest BCUT2D eigenvalue weighted by molar-refractivity contribution is 0.152. The molecular formula is C8H11F2N3. The number of nitrogens with zero attached hydrogens (tertiary/aromatic N) is 1. The topological polar surface area (TPSA) is 64.9 Å². The number of hydrogen-bond donors (Lipinski definition) is 2. The van der Waals surface area contributed by atoms with Crippen molar-refractivity contribution in [2.75, 3.05) is 5.73 Å². The normalized spacial score (nSPS) is 10.8. The smallest absolute Gasteiger partial charge is 0.267 e. The largest absolute Gasteiger partial charge is 0.383 e. The molecule has 0 aliphatic heterocycles.